The monoisotopic (exact) mass is 462 g/mol. The van der Waals surface area contributed by atoms with Crippen molar-refractivity contribution in [3.05, 3.63) is 29.0 Å². The molecule has 2 atom stereocenters. The van der Waals surface area contributed by atoms with Gasteiger partial charge in [-0.3, -0.25) is 10.5 Å². The SMILES string of the molecule is COc1ccc(C2c3c(n[nH]c3C34CC5CC(CC(C5)C3)C4)OC(=N)C2C#N)c(OC)c1OC. The van der Waals surface area contributed by atoms with Gasteiger partial charge in [-0.15, -0.1) is 5.10 Å². The molecule has 2 unspecified atom stereocenters. The number of rotatable bonds is 5. The summed E-state index contributed by atoms with van der Waals surface area (Å²) in [6, 6.07) is 6.07. The number of fused-ring (bicyclic) bond motifs is 1. The second-order valence-corrected chi connectivity index (χ2v) is 10.5. The summed E-state index contributed by atoms with van der Waals surface area (Å²) in [5.74, 6) is 2.85. The van der Waals surface area contributed by atoms with Crippen LogP contribution < -0.4 is 18.9 Å². The maximum Gasteiger partial charge on any atom is 0.243 e. The number of methoxy groups -OCH3 is 3. The molecule has 34 heavy (non-hydrogen) atoms. The molecular weight excluding hydrogens is 432 g/mol. The van der Waals surface area contributed by atoms with E-state index in [1.807, 2.05) is 12.1 Å². The van der Waals surface area contributed by atoms with Gasteiger partial charge in [-0.25, -0.2) is 0 Å². The van der Waals surface area contributed by atoms with E-state index in [2.05, 4.69) is 16.3 Å². The molecule has 4 aliphatic carbocycles. The lowest BCUT2D eigenvalue weighted by Crippen LogP contribution is -2.49. The molecule has 0 saturated heterocycles. The lowest BCUT2D eigenvalue weighted by atomic mass is 9.48. The van der Waals surface area contributed by atoms with Crippen molar-refractivity contribution in [3.8, 4) is 29.2 Å². The Morgan fingerprint density at radius 3 is 2.24 bits per heavy atom. The van der Waals surface area contributed by atoms with Gasteiger partial charge in [0.05, 0.1) is 27.4 Å². The van der Waals surface area contributed by atoms with E-state index in [1.54, 1.807) is 21.3 Å². The van der Waals surface area contributed by atoms with Crippen LogP contribution in [0.25, 0.3) is 0 Å². The Morgan fingerprint density at radius 2 is 1.68 bits per heavy atom. The zero-order valence-corrected chi connectivity index (χ0v) is 19.8. The number of ether oxygens (including phenoxy) is 4. The first-order valence-electron chi connectivity index (χ1n) is 12.0. The van der Waals surface area contributed by atoms with E-state index in [0.717, 1.165) is 53.8 Å². The molecule has 1 aliphatic heterocycles. The van der Waals surface area contributed by atoms with Crippen LogP contribution in [0.3, 0.4) is 0 Å². The van der Waals surface area contributed by atoms with Gasteiger partial charge in [0.1, 0.15) is 5.92 Å². The number of H-pyrrole nitrogens is 1. The predicted molar refractivity (Wildman–Crippen MR) is 124 cm³/mol. The number of benzene rings is 1. The maximum atomic E-state index is 10.2. The van der Waals surface area contributed by atoms with Crippen LogP contribution in [0.15, 0.2) is 12.1 Å². The van der Waals surface area contributed by atoms with Gasteiger partial charge in [-0.1, -0.05) is 6.07 Å². The quantitative estimate of drug-likeness (QED) is 0.674. The Bertz CT molecular complexity index is 1160. The summed E-state index contributed by atoms with van der Waals surface area (Å²) in [5.41, 5.74) is 2.79. The Kier molecular flexibility index (Phi) is 4.80. The smallest absolute Gasteiger partial charge is 0.243 e. The van der Waals surface area contributed by atoms with Crippen LogP contribution in [-0.4, -0.2) is 37.4 Å². The van der Waals surface area contributed by atoms with Crippen molar-refractivity contribution in [2.75, 3.05) is 21.3 Å². The second kappa shape index (κ2) is 7.66. The molecule has 5 aliphatic rings. The van der Waals surface area contributed by atoms with E-state index in [-0.39, 0.29) is 11.3 Å². The van der Waals surface area contributed by atoms with Crippen LogP contribution in [0, 0.1) is 40.4 Å². The molecule has 4 bridgehead atoms. The first-order chi connectivity index (χ1) is 16.5. The third-order valence-corrected chi connectivity index (χ3v) is 8.68. The van der Waals surface area contributed by atoms with E-state index in [9.17, 15) is 5.26 Å². The predicted octanol–water partition coefficient (Wildman–Crippen LogP) is 4.54. The molecule has 2 aromatic rings. The number of nitrogens with one attached hydrogen (secondary N) is 2. The largest absolute Gasteiger partial charge is 0.493 e. The van der Waals surface area contributed by atoms with E-state index in [4.69, 9.17) is 24.4 Å². The van der Waals surface area contributed by atoms with Crippen molar-refractivity contribution in [1.82, 2.24) is 10.2 Å². The summed E-state index contributed by atoms with van der Waals surface area (Å²) in [6.45, 7) is 0. The summed E-state index contributed by atoms with van der Waals surface area (Å²) in [7, 11) is 4.74. The van der Waals surface area contributed by atoms with Crippen molar-refractivity contribution >= 4 is 5.90 Å². The van der Waals surface area contributed by atoms with E-state index in [0.29, 0.717) is 23.1 Å². The average molecular weight is 463 g/mol. The Labute approximate surface area is 199 Å². The van der Waals surface area contributed by atoms with E-state index < -0.39 is 11.8 Å². The Hall–Kier alpha value is -3.21. The molecule has 2 N–H and O–H groups in total. The van der Waals surface area contributed by atoms with Crippen LogP contribution in [0.4, 0.5) is 0 Å². The normalized spacial score (nSPS) is 33.1. The number of nitriles is 1. The molecule has 178 valence electrons. The van der Waals surface area contributed by atoms with Gasteiger partial charge in [0.25, 0.3) is 0 Å². The summed E-state index contributed by atoms with van der Waals surface area (Å²) >= 11 is 0. The molecular formula is C26H30N4O4. The highest BCUT2D eigenvalue weighted by molar-refractivity contribution is 5.85. The van der Waals surface area contributed by atoms with Gasteiger partial charge in [0.2, 0.25) is 17.5 Å². The molecule has 2 heterocycles. The molecule has 0 radical (unpaired) electrons. The molecule has 1 aromatic heterocycles. The van der Waals surface area contributed by atoms with Gasteiger partial charge >= 0.3 is 0 Å². The summed E-state index contributed by atoms with van der Waals surface area (Å²) in [4.78, 5) is 0. The number of aromatic nitrogens is 2. The minimum atomic E-state index is -0.801. The fraction of sp³-hybridized carbons (Fsp3) is 0.577. The zero-order valence-electron chi connectivity index (χ0n) is 19.8. The van der Waals surface area contributed by atoms with Crippen molar-refractivity contribution < 1.29 is 18.9 Å². The molecule has 0 spiro atoms. The third kappa shape index (κ3) is 2.88. The molecule has 4 fully saturated rings. The lowest BCUT2D eigenvalue weighted by Gasteiger charge is -2.56. The van der Waals surface area contributed by atoms with Crippen molar-refractivity contribution in [2.45, 2.75) is 49.9 Å². The van der Waals surface area contributed by atoms with Gasteiger partial charge in [-0.05, 0) is 62.3 Å². The molecule has 8 nitrogen and oxygen atoms in total. The standard InChI is InChI=1S/C26H30N4O4/c1-31-18-5-4-16(21(32-2)22(18)33-3)19-17(12-27)24(28)34-25-20(19)23(29-30-25)26-9-13-6-14(10-26)8-15(7-13)11-26/h4-5,13-15,17,19,28H,6-11H2,1-3H3,(H,29,30). The van der Waals surface area contributed by atoms with Crippen molar-refractivity contribution in [3.63, 3.8) is 0 Å². The average Bonchev–Trinajstić information content (AvgIpc) is 3.25. The number of hydrogen-bond donors (Lipinski definition) is 2. The van der Waals surface area contributed by atoms with E-state index in [1.165, 1.54) is 19.3 Å². The summed E-state index contributed by atoms with van der Waals surface area (Å²) < 4.78 is 22.8. The van der Waals surface area contributed by atoms with Crippen LogP contribution >= 0.6 is 0 Å². The van der Waals surface area contributed by atoms with Crippen molar-refractivity contribution in [1.29, 1.82) is 10.7 Å². The van der Waals surface area contributed by atoms with Gasteiger partial charge < -0.3 is 18.9 Å². The highest BCUT2D eigenvalue weighted by Crippen LogP contribution is 2.63. The Morgan fingerprint density at radius 1 is 1.03 bits per heavy atom. The van der Waals surface area contributed by atoms with E-state index >= 15 is 0 Å². The highest BCUT2D eigenvalue weighted by Gasteiger charge is 2.55. The highest BCUT2D eigenvalue weighted by atomic mass is 16.5. The summed E-state index contributed by atoms with van der Waals surface area (Å²) in [5, 5.41) is 26.6. The Balaban J connectivity index is 1.56. The minimum Gasteiger partial charge on any atom is -0.493 e. The third-order valence-electron chi connectivity index (χ3n) is 8.68. The minimum absolute atomic E-state index is 0.0280. The fourth-order valence-corrected chi connectivity index (χ4v) is 7.84. The van der Waals surface area contributed by atoms with Gasteiger partial charge in [0, 0.05) is 28.2 Å². The number of hydrogen-bond acceptors (Lipinski definition) is 7. The zero-order chi connectivity index (χ0) is 23.6. The first kappa shape index (κ1) is 21.3. The lowest BCUT2D eigenvalue weighted by molar-refractivity contribution is -0.00777. The van der Waals surface area contributed by atoms with Crippen LogP contribution in [0.5, 0.6) is 23.1 Å². The number of aromatic amines is 1. The van der Waals surface area contributed by atoms with Crippen LogP contribution in [0.2, 0.25) is 0 Å². The molecule has 7 rings (SSSR count). The first-order valence-corrected chi connectivity index (χ1v) is 12.0. The summed E-state index contributed by atoms with van der Waals surface area (Å²) in [6.07, 6.45) is 7.47. The van der Waals surface area contributed by atoms with Crippen LogP contribution in [0.1, 0.15) is 61.3 Å². The van der Waals surface area contributed by atoms with Crippen LogP contribution in [-0.2, 0) is 5.41 Å². The molecule has 0 amide bonds. The molecule has 1 aromatic carbocycles. The second-order valence-electron chi connectivity index (χ2n) is 10.5. The topological polar surface area (TPSA) is 113 Å². The maximum absolute atomic E-state index is 10.2. The van der Waals surface area contributed by atoms with Gasteiger partial charge in [0.15, 0.2) is 11.5 Å². The molecule has 8 heteroatoms. The number of nitrogens with zero attached hydrogens (tertiary/aromatic N) is 2. The van der Waals surface area contributed by atoms with Gasteiger partial charge in [-0.2, -0.15) is 5.26 Å². The van der Waals surface area contributed by atoms with Crippen molar-refractivity contribution in [2.24, 2.45) is 23.7 Å². The molecule has 4 saturated carbocycles. The fourth-order valence-electron chi connectivity index (χ4n) is 7.84.